The van der Waals surface area contributed by atoms with Crippen molar-refractivity contribution >= 4 is 52.3 Å². The second kappa shape index (κ2) is 9.57. The Morgan fingerprint density at radius 2 is 1.85 bits per heavy atom. The van der Waals surface area contributed by atoms with Crippen molar-refractivity contribution in [2.24, 2.45) is 0 Å². The van der Waals surface area contributed by atoms with E-state index in [9.17, 15) is 14.4 Å². The number of hydrogen-bond acceptors (Lipinski definition) is 3. The second-order valence-electron chi connectivity index (χ2n) is 8.22. The Labute approximate surface area is 202 Å². The lowest BCUT2D eigenvalue weighted by molar-refractivity contribution is -0.114. The van der Waals surface area contributed by atoms with E-state index >= 15 is 0 Å². The standard InChI is InChI=1S/C26H25ClN4O3/c1-14-22(28-16(3)24(14)31-23(32)13-27)12-20-19-11-18(9-10-21(19)30-26(20)34)25(33)29-15(2)17-7-5-4-6-8-17/h4-12,15,28H,13H2,1-3H3,(H,29,33)(H,30,34)(H,31,32)/b20-12-. The van der Waals surface area contributed by atoms with Crippen molar-refractivity contribution in [2.45, 2.75) is 26.8 Å². The van der Waals surface area contributed by atoms with Crippen LogP contribution < -0.4 is 16.0 Å². The molecule has 1 unspecified atom stereocenters. The first kappa shape index (κ1) is 23.3. The summed E-state index contributed by atoms with van der Waals surface area (Å²) < 4.78 is 0. The molecule has 1 atom stereocenters. The number of fused-ring (bicyclic) bond motifs is 1. The summed E-state index contributed by atoms with van der Waals surface area (Å²) in [6.45, 7) is 5.61. The van der Waals surface area contributed by atoms with E-state index in [1.807, 2.05) is 51.1 Å². The Morgan fingerprint density at radius 3 is 2.56 bits per heavy atom. The Kier molecular flexibility index (Phi) is 6.56. The van der Waals surface area contributed by atoms with Gasteiger partial charge in [0.2, 0.25) is 5.91 Å². The lowest BCUT2D eigenvalue weighted by Crippen LogP contribution is -2.26. The predicted molar refractivity (Wildman–Crippen MR) is 135 cm³/mol. The molecule has 0 saturated heterocycles. The van der Waals surface area contributed by atoms with Gasteiger partial charge in [-0.2, -0.15) is 0 Å². The number of aromatic amines is 1. The van der Waals surface area contributed by atoms with Crippen molar-refractivity contribution in [3.05, 3.63) is 82.2 Å². The number of hydrogen-bond donors (Lipinski definition) is 4. The zero-order valence-electron chi connectivity index (χ0n) is 19.1. The van der Waals surface area contributed by atoms with E-state index in [1.165, 1.54) is 0 Å². The van der Waals surface area contributed by atoms with Crippen molar-refractivity contribution in [2.75, 3.05) is 16.5 Å². The maximum Gasteiger partial charge on any atom is 0.256 e. The fourth-order valence-electron chi connectivity index (χ4n) is 4.00. The van der Waals surface area contributed by atoms with Crippen LogP contribution in [0.1, 0.15) is 51.4 Å². The van der Waals surface area contributed by atoms with Gasteiger partial charge in [-0.15, -0.1) is 11.6 Å². The third-order valence-electron chi connectivity index (χ3n) is 5.86. The molecule has 34 heavy (non-hydrogen) atoms. The Hall–Kier alpha value is -3.84. The number of amides is 3. The van der Waals surface area contributed by atoms with E-state index in [4.69, 9.17) is 11.6 Å². The summed E-state index contributed by atoms with van der Waals surface area (Å²) in [5.74, 6) is -0.946. The summed E-state index contributed by atoms with van der Waals surface area (Å²) in [6, 6.07) is 14.7. The molecule has 3 aromatic rings. The number of rotatable bonds is 6. The molecule has 0 saturated carbocycles. The lowest BCUT2D eigenvalue weighted by Gasteiger charge is -2.14. The fraction of sp³-hybridized carbons (Fsp3) is 0.192. The van der Waals surface area contributed by atoms with Crippen molar-refractivity contribution in [1.82, 2.24) is 10.3 Å². The van der Waals surface area contributed by atoms with Crippen LogP contribution in [0, 0.1) is 13.8 Å². The van der Waals surface area contributed by atoms with E-state index in [-0.39, 0.29) is 29.6 Å². The number of anilines is 2. The van der Waals surface area contributed by atoms with Crippen LogP contribution in [0.5, 0.6) is 0 Å². The minimum Gasteiger partial charge on any atom is -0.357 e. The minimum absolute atomic E-state index is 0.149. The average molecular weight is 477 g/mol. The molecule has 2 aromatic carbocycles. The molecule has 1 aliphatic heterocycles. The fourth-order valence-corrected chi connectivity index (χ4v) is 4.07. The summed E-state index contributed by atoms with van der Waals surface area (Å²) in [5.41, 5.74) is 6.04. The zero-order chi connectivity index (χ0) is 24.4. The van der Waals surface area contributed by atoms with Crippen molar-refractivity contribution < 1.29 is 14.4 Å². The molecule has 2 heterocycles. The number of halogens is 1. The van der Waals surface area contributed by atoms with Gasteiger partial charge in [0.15, 0.2) is 0 Å². The van der Waals surface area contributed by atoms with Crippen LogP contribution in [0.2, 0.25) is 0 Å². The monoisotopic (exact) mass is 476 g/mol. The highest BCUT2D eigenvalue weighted by Gasteiger charge is 2.26. The topological polar surface area (TPSA) is 103 Å². The van der Waals surface area contributed by atoms with Gasteiger partial charge in [0.05, 0.1) is 17.3 Å². The third-order valence-corrected chi connectivity index (χ3v) is 6.11. The Bertz CT molecular complexity index is 1310. The molecule has 0 bridgehead atoms. The maximum atomic E-state index is 12.9. The molecule has 3 amide bonds. The van der Waals surface area contributed by atoms with Gasteiger partial charge in [0, 0.05) is 28.2 Å². The highest BCUT2D eigenvalue weighted by atomic mass is 35.5. The van der Waals surface area contributed by atoms with Crippen LogP contribution >= 0.6 is 11.6 Å². The molecule has 0 aliphatic carbocycles. The Balaban J connectivity index is 1.63. The maximum absolute atomic E-state index is 12.9. The second-order valence-corrected chi connectivity index (χ2v) is 8.49. The smallest absolute Gasteiger partial charge is 0.256 e. The van der Waals surface area contributed by atoms with E-state index in [0.717, 1.165) is 16.8 Å². The van der Waals surface area contributed by atoms with Crippen molar-refractivity contribution in [3.63, 3.8) is 0 Å². The van der Waals surface area contributed by atoms with Crippen LogP contribution in [0.4, 0.5) is 11.4 Å². The van der Waals surface area contributed by atoms with Gasteiger partial charge in [-0.05, 0) is 56.2 Å². The molecule has 1 aromatic heterocycles. The molecule has 8 heteroatoms. The molecule has 1 aliphatic rings. The van der Waals surface area contributed by atoms with Gasteiger partial charge < -0.3 is 20.9 Å². The van der Waals surface area contributed by atoms with Gasteiger partial charge in [-0.3, -0.25) is 14.4 Å². The number of alkyl halides is 1. The first-order chi connectivity index (χ1) is 16.3. The molecular formula is C26H25ClN4O3. The summed E-state index contributed by atoms with van der Waals surface area (Å²) >= 11 is 5.61. The number of aryl methyl sites for hydroxylation is 1. The summed E-state index contributed by atoms with van der Waals surface area (Å²) in [6.07, 6.45) is 1.73. The molecule has 0 radical (unpaired) electrons. The first-order valence-corrected chi connectivity index (χ1v) is 11.4. The first-order valence-electron chi connectivity index (χ1n) is 10.9. The molecule has 0 spiro atoms. The van der Waals surface area contributed by atoms with Crippen molar-refractivity contribution in [1.29, 1.82) is 0 Å². The third kappa shape index (κ3) is 4.61. The van der Waals surface area contributed by atoms with Gasteiger partial charge >= 0.3 is 0 Å². The zero-order valence-corrected chi connectivity index (χ0v) is 19.8. The SMILES string of the molecule is Cc1[nH]c(/C=C2\C(=O)Nc3ccc(C(=O)NC(C)c4ccccc4)cc32)c(C)c1NC(=O)CCl. The van der Waals surface area contributed by atoms with Crippen LogP contribution in [-0.4, -0.2) is 28.6 Å². The molecule has 174 valence electrons. The van der Waals surface area contributed by atoms with Crippen molar-refractivity contribution in [3.8, 4) is 0 Å². The quantitative estimate of drug-likeness (QED) is 0.303. The van der Waals surface area contributed by atoms with E-state index in [0.29, 0.717) is 33.8 Å². The van der Waals surface area contributed by atoms with E-state index in [2.05, 4.69) is 20.9 Å². The number of benzene rings is 2. The molecule has 4 rings (SSSR count). The highest BCUT2D eigenvalue weighted by molar-refractivity contribution is 6.35. The largest absolute Gasteiger partial charge is 0.357 e. The van der Waals surface area contributed by atoms with Gasteiger partial charge in [-0.1, -0.05) is 30.3 Å². The lowest BCUT2D eigenvalue weighted by atomic mass is 10.0. The van der Waals surface area contributed by atoms with Crippen LogP contribution in [0.25, 0.3) is 11.6 Å². The summed E-state index contributed by atoms with van der Waals surface area (Å²) in [4.78, 5) is 40.6. The van der Waals surface area contributed by atoms with Crippen LogP contribution in [0.15, 0.2) is 48.5 Å². The predicted octanol–water partition coefficient (Wildman–Crippen LogP) is 4.79. The number of aromatic nitrogens is 1. The number of nitrogens with one attached hydrogen (secondary N) is 4. The van der Waals surface area contributed by atoms with E-state index < -0.39 is 0 Å². The number of carbonyl (C=O) groups excluding carboxylic acids is 3. The molecule has 7 nitrogen and oxygen atoms in total. The summed E-state index contributed by atoms with van der Waals surface area (Å²) in [7, 11) is 0. The number of H-pyrrole nitrogens is 1. The average Bonchev–Trinajstić information content (AvgIpc) is 3.29. The highest BCUT2D eigenvalue weighted by Crippen LogP contribution is 2.35. The van der Waals surface area contributed by atoms with E-state index in [1.54, 1.807) is 24.3 Å². The Morgan fingerprint density at radius 1 is 1.12 bits per heavy atom. The molecular weight excluding hydrogens is 452 g/mol. The van der Waals surface area contributed by atoms with Gasteiger partial charge in [-0.25, -0.2) is 0 Å². The molecule has 0 fully saturated rings. The normalized spacial score (nSPS) is 14.5. The summed E-state index contributed by atoms with van der Waals surface area (Å²) in [5, 5.41) is 8.62. The number of carbonyl (C=O) groups is 3. The molecule has 4 N–H and O–H groups in total. The van der Waals surface area contributed by atoms with Gasteiger partial charge in [0.25, 0.3) is 11.8 Å². The van der Waals surface area contributed by atoms with Crippen LogP contribution in [0.3, 0.4) is 0 Å². The van der Waals surface area contributed by atoms with Crippen LogP contribution in [-0.2, 0) is 9.59 Å². The van der Waals surface area contributed by atoms with Gasteiger partial charge in [0.1, 0.15) is 5.88 Å². The minimum atomic E-state index is -0.310.